The lowest BCUT2D eigenvalue weighted by Crippen LogP contribution is -2.24. The van der Waals surface area contributed by atoms with Crippen LogP contribution in [0.25, 0.3) is 0 Å². The fourth-order valence-electron chi connectivity index (χ4n) is 2.16. The van der Waals surface area contributed by atoms with Crippen molar-refractivity contribution < 1.29 is 15.0 Å². The number of nitrogens with zero attached hydrogens (tertiary/aromatic N) is 1. The van der Waals surface area contributed by atoms with Crippen LogP contribution in [0, 0.1) is 0 Å². The molecule has 0 spiro atoms. The van der Waals surface area contributed by atoms with Crippen molar-refractivity contribution >= 4 is 17.3 Å². The van der Waals surface area contributed by atoms with E-state index in [1.165, 1.54) is 0 Å². The Morgan fingerprint density at radius 2 is 2.22 bits per heavy atom. The Bertz CT molecular complexity index is 448. The molecule has 1 unspecified atom stereocenters. The third-order valence-electron chi connectivity index (χ3n) is 3.17. The maximum atomic E-state index is 11.3. The molecule has 0 saturated heterocycles. The Morgan fingerprint density at radius 3 is 2.89 bits per heavy atom. The van der Waals surface area contributed by atoms with Gasteiger partial charge in [-0.25, -0.2) is 0 Å². The van der Waals surface area contributed by atoms with Gasteiger partial charge in [0, 0.05) is 36.6 Å². The van der Waals surface area contributed by atoms with Gasteiger partial charge in [-0.3, -0.25) is 4.79 Å². The molecular formula is C13H18N2O3. The van der Waals surface area contributed by atoms with Gasteiger partial charge in [0.05, 0.1) is 0 Å². The number of fused-ring (bicyclic) bond motifs is 1. The molecule has 0 aromatic heterocycles. The lowest BCUT2D eigenvalue weighted by molar-refractivity contribution is -0.123. The number of hydrogen-bond acceptors (Lipinski definition) is 4. The van der Waals surface area contributed by atoms with Crippen molar-refractivity contribution in [2.45, 2.75) is 19.4 Å². The summed E-state index contributed by atoms with van der Waals surface area (Å²) in [7, 11) is 0. The highest BCUT2D eigenvalue weighted by Gasteiger charge is 2.28. The first-order valence-corrected chi connectivity index (χ1v) is 6.16. The third-order valence-corrected chi connectivity index (χ3v) is 3.17. The Hall–Kier alpha value is -1.59. The Kier molecular flexibility index (Phi) is 3.84. The number of carbonyl (C=O) groups is 1. The lowest BCUT2D eigenvalue weighted by atomic mass is 10.1. The minimum absolute atomic E-state index is 0.164. The highest BCUT2D eigenvalue weighted by atomic mass is 16.3. The molecule has 1 atom stereocenters. The Morgan fingerprint density at radius 1 is 1.44 bits per heavy atom. The summed E-state index contributed by atoms with van der Waals surface area (Å²) in [5.74, 6) is -0.374. The highest BCUT2D eigenvalue weighted by molar-refractivity contribution is 6.02. The Labute approximate surface area is 106 Å². The average molecular weight is 250 g/mol. The van der Waals surface area contributed by atoms with Gasteiger partial charge in [-0.2, -0.15) is 0 Å². The van der Waals surface area contributed by atoms with Gasteiger partial charge in [-0.1, -0.05) is 6.07 Å². The van der Waals surface area contributed by atoms with E-state index in [0.29, 0.717) is 17.7 Å². The van der Waals surface area contributed by atoms with E-state index in [9.17, 15) is 9.90 Å². The van der Waals surface area contributed by atoms with Crippen LogP contribution in [0.15, 0.2) is 18.2 Å². The fourth-order valence-corrected chi connectivity index (χ4v) is 2.16. The molecule has 1 heterocycles. The second kappa shape index (κ2) is 5.37. The molecule has 18 heavy (non-hydrogen) atoms. The van der Waals surface area contributed by atoms with Crippen molar-refractivity contribution in [3.8, 4) is 0 Å². The topological polar surface area (TPSA) is 72.8 Å². The number of carbonyl (C=O) groups excluding carboxylic acids is 1. The minimum Gasteiger partial charge on any atom is -0.396 e. The quantitative estimate of drug-likeness (QED) is 0.725. The first-order valence-electron chi connectivity index (χ1n) is 6.16. The monoisotopic (exact) mass is 250 g/mol. The van der Waals surface area contributed by atoms with E-state index in [1.807, 2.05) is 19.1 Å². The molecule has 98 valence electrons. The van der Waals surface area contributed by atoms with Crippen LogP contribution in [0.3, 0.4) is 0 Å². The number of nitrogens with one attached hydrogen (secondary N) is 1. The molecule has 3 N–H and O–H groups in total. The molecule has 1 aliphatic rings. The summed E-state index contributed by atoms with van der Waals surface area (Å²) in [6, 6.07) is 5.53. The zero-order valence-corrected chi connectivity index (χ0v) is 10.4. The number of benzene rings is 1. The predicted octanol–water partition coefficient (Wildman–Crippen LogP) is 0.881. The third kappa shape index (κ3) is 2.32. The molecule has 1 aliphatic heterocycles. The summed E-state index contributed by atoms with van der Waals surface area (Å²) in [6.45, 7) is 3.80. The van der Waals surface area contributed by atoms with Gasteiger partial charge < -0.3 is 20.4 Å². The highest BCUT2D eigenvalue weighted by Crippen LogP contribution is 2.33. The number of rotatable bonds is 5. The van der Waals surface area contributed by atoms with Crippen LogP contribution in [0.5, 0.6) is 0 Å². The summed E-state index contributed by atoms with van der Waals surface area (Å²) in [4.78, 5) is 13.5. The van der Waals surface area contributed by atoms with Crippen molar-refractivity contribution in [2.24, 2.45) is 0 Å². The van der Waals surface area contributed by atoms with Gasteiger partial charge in [-0.15, -0.1) is 0 Å². The molecule has 1 amide bonds. The fraction of sp³-hybridized carbons (Fsp3) is 0.462. The van der Waals surface area contributed by atoms with Gasteiger partial charge in [0.25, 0.3) is 5.91 Å². The van der Waals surface area contributed by atoms with Crippen LogP contribution < -0.4 is 10.2 Å². The van der Waals surface area contributed by atoms with Crippen LogP contribution in [0.2, 0.25) is 0 Å². The second-order valence-corrected chi connectivity index (χ2v) is 4.32. The molecule has 2 rings (SSSR count). The van der Waals surface area contributed by atoms with Gasteiger partial charge in [0.2, 0.25) is 0 Å². The SMILES string of the molecule is CCN(CCCO)c1ccc2c(c1)NC(=O)C2O. The van der Waals surface area contributed by atoms with Crippen molar-refractivity contribution in [3.63, 3.8) is 0 Å². The van der Waals surface area contributed by atoms with Crippen LogP contribution in [0.4, 0.5) is 11.4 Å². The van der Waals surface area contributed by atoms with E-state index in [1.54, 1.807) is 6.07 Å². The maximum absolute atomic E-state index is 11.3. The summed E-state index contributed by atoms with van der Waals surface area (Å²) in [5.41, 5.74) is 2.29. The van der Waals surface area contributed by atoms with Gasteiger partial charge >= 0.3 is 0 Å². The van der Waals surface area contributed by atoms with E-state index < -0.39 is 6.10 Å². The number of aliphatic hydroxyl groups excluding tert-OH is 2. The van der Waals surface area contributed by atoms with Crippen LogP contribution >= 0.6 is 0 Å². The molecule has 0 aliphatic carbocycles. The lowest BCUT2D eigenvalue weighted by Gasteiger charge is -2.23. The average Bonchev–Trinajstić information content (AvgIpc) is 2.66. The number of anilines is 2. The summed E-state index contributed by atoms with van der Waals surface area (Å²) in [5, 5.41) is 21.1. The zero-order chi connectivity index (χ0) is 13.1. The Balaban J connectivity index is 2.21. The van der Waals surface area contributed by atoms with E-state index >= 15 is 0 Å². The number of aliphatic hydroxyl groups is 2. The molecule has 1 aromatic carbocycles. The van der Waals surface area contributed by atoms with E-state index in [2.05, 4.69) is 10.2 Å². The second-order valence-electron chi connectivity index (χ2n) is 4.32. The standard InChI is InChI=1S/C13H18N2O3/c1-2-15(6-3-7-16)9-4-5-10-11(8-9)14-13(18)12(10)17/h4-5,8,12,16-17H,2-3,6-7H2,1H3,(H,14,18). The summed E-state index contributed by atoms with van der Waals surface area (Å²) < 4.78 is 0. The van der Waals surface area contributed by atoms with Gasteiger partial charge in [0.1, 0.15) is 0 Å². The van der Waals surface area contributed by atoms with Crippen molar-refractivity contribution in [1.29, 1.82) is 0 Å². The van der Waals surface area contributed by atoms with Crippen molar-refractivity contribution in [1.82, 2.24) is 0 Å². The molecular weight excluding hydrogens is 232 g/mol. The molecule has 0 bridgehead atoms. The molecule has 5 heteroatoms. The summed E-state index contributed by atoms with van der Waals surface area (Å²) in [6.07, 6.45) is -0.346. The largest absolute Gasteiger partial charge is 0.396 e. The predicted molar refractivity (Wildman–Crippen MR) is 69.6 cm³/mol. The molecule has 0 fully saturated rings. The van der Waals surface area contributed by atoms with Crippen molar-refractivity contribution in [2.75, 3.05) is 29.9 Å². The first-order chi connectivity index (χ1) is 8.67. The van der Waals surface area contributed by atoms with Crippen molar-refractivity contribution in [3.05, 3.63) is 23.8 Å². The van der Waals surface area contributed by atoms with Crippen LogP contribution in [-0.2, 0) is 4.79 Å². The molecule has 5 nitrogen and oxygen atoms in total. The smallest absolute Gasteiger partial charge is 0.257 e. The maximum Gasteiger partial charge on any atom is 0.257 e. The number of amides is 1. The molecule has 0 radical (unpaired) electrons. The zero-order valence-electron chi connectivity index (χ0n) is 10.4. The van der Waals surface area contributed by atoms with E-state index in [0.717, 1.165) is 18.8 Å². The normalized spacial score (nSPS) is 17.5. The van der Waals surface area contributed by atoms with Gasteiger partial charge in [-0.05, 0) is 25.5 Å². The van der Waals surface area contributed by atoms with Crippen LogP contribution in [0.1, 0.15) is 25.0 Å². The molecule has 1 aromatic rings. The minimum atomic E-state index is -1.05. The van der Waals surface area contributed by atoms with E-state index in [-0.39, 0.29) is 12.5 Å². The number of hydrogen-bond donors (Lipinski definition) is 3. The van der Waals surface area contributed by atoms with E-state index in [4.69, 9.17) is 5.11 Å². The summed E-state index contributed by atoms with van der Waals surface area (Å²) >= 11 is 0. The van der Waals surface area contributed by atoms with Crippen LogP contribution in [-0.4, -0.2) is 35.8 Å². The van der Waals surface area contributed by atoms with Gasteiger partial charge in [0.15, 0.2) is 6.10 Å². The molecule has 0 saturated carbocycles. The first kappa shape index (κ1) is 12.9.